The molecule has 0 aromatic rings. The van der Waals surface area contributed by atoms with Crippen LogP contribution in [0.25, 0.3) is 0 Å². The van der Waals surface area contributed by atoms with Crippen LogP contribution >= 0.6 is 0 Å². The summed E-state index contributed by atoms with van der Waals surface area (Å²) in [5, 5.41) is 3.23. The Bertz CT molecular complexity index is 362. The van der Waals surface area contributed by atoms with Gasteiger partial charge in [-0.1, -0.05) is 46.0 Å². The van der Waals surface area contributed by atoms with E-state index in [-0.39, 0.29) is 17.4 Å². The third-order valence-electron chi connectivity index (χ3n) is 5.68. The Labute approximate surface area is 129 Å². The van der Waals surface area contributed by atoms with Crippen LogP contribution in [0, 0.1) is 5.41 Å². The third-order valence-corrected chi connectivity index (χ3v) is 5.68. The molecule has 0 spiro atoms. The fraction of sp³-hybridized carbons (Fsp3) is 0.941. The number of hydrogen-bond donors (Lipinski definition) is 2. The summed E-state index contributed by atoms with van der Waals surface area (Å²) in [7, 11) is 0. The van der Waals surface area contributed by atoms with Gasteiger partial charge in [-0.15, -0.1) is 0 Å². The topological polar surface area (TPSA) is 64.3 Å². The van der Waals surface area contributed by atoms with Crippen LogP contribution in [0.5, 0.6) is 0 Å². The summed E-state index contributed by atoms with van der Waals surface area (Å²) in [5.41, 5.74) is 5.36. The molecule has 2 fully saturated rings. The molecule has 0 saturated heterocycles. The second-order valence-corrected chi connectivity index (χ2v) is 7.36. The Hall–Kier alpha value is -0.610. The maximum Gasteiger partial charge on any atom is 0.241 e. The molecule has 122 valence electrons. The molecule has 0 heterocycles. The van der Waals surface area contributed by atoms with Gasteiger partial charge in [0.1, 0.15) is 5.54 Å². The van der Waals surface area contributed by atoms with Gasteiger partial charge in [-0.25, -0.2) is 0 Å². The molecule has 0 aromatic heterocycles. The highest BCUT2D eigenvalue weighted by molar-refractivity contribution is 5.89. The second kappa shape index (κ2) is 6.66. The number of carbonyl (C=O) groups is 1. The molecule has 2 aliphatic rings. The molecule has 0 aliphatic heterocycles. The minimum Gasteiger partial charge on any atom is -0.378 e. The molecule has 2 aliphatic carbocycles. The van der Waals surface area contributed by atoms with Gasteiger partial charge in [0.05, 0.1) is 6.10 Å². The zero-order valence-electron chi connectivity index (χ0n) is 13.9. The SMILES string of the molecule is CCOC1CC(N)(C(=O)NC2CCCCCCC2)C1(C)C. The van der Waals surface area contributed by atoms with Gasteiger partial charge in [-0.05, 0) is 19.8 Å². The van der Waals surface area contributed by atoms with Gasteiger partial charge in [0.2, 0.25) is 5.91 Å². The Kier molecular flexibility index (Phi) is 5.31. The van der Waals surface area contributed by atoms with Crippen molar-refractivity contribution in [1.82, 2.24) is 5.32 Å². The van der Waals surface area contributed by atoms with Gasteiger partial charge in [-0.2, -0.15) is 0 Å². The van der Waals surface area contributed by atoms with Crippen LogP contribution in [0.1, 0.15) is 72.1 Å². The van der Waals surface area contributed by atoms with Crippen LogP contribution in [0.2, 0.25) is 0 Å². The summed E-state index contributed by atoms with van der Waals surface area (Å²) < 4.78 is 5.71. The first-order valence-electron chi connectivity index (χ1n) is 8.63. The first kappa shape index (κ1) is 16.8. The maximum absolute atomic E-state index is 12.7. The average molecular weight is 296 g/mol. The molecule has 3 N–H and O–H groups in total. The van der Waals surface area contributed by atoms with Crippen LogP contribution in [-0.4, -0.2) is 30.2 Å². The lowest BCUT2D eigenvalue weighted by atomic mass is 9.54. The molecule has 0 bridgehead atoms. The summed E-state index contributed by atoms with van der Waals surface area (Å²) in [4.78, 5) is 12.7. The predicted molar refractivity (Wildman–Crippen MR) is 85.0 cm³/mol. The molecule has 2 atom stereocenters. The minimum absolute atomic E-state index is 0.0222. The number of hydrogen-bond acceptors (Lipinski definition) is 3. The molecule has 1 amide bonds. The van der Waals surface area contributed by atoms with Gasteiger partial charge in [-0.3, -0.25) is 4.79 Å². The lowest BCUT2D eigenvalue weighted by Crippen LogP contribution is -2.76. The van der Waals surface area contributed by atoms with Crippen LogP contribution in [0.4, 0.5) is 0 Å². The molecule has 2 rings (SSSR count). The minimum atomic E-state index is -0.783. The summed E-state index contributed by atoms with van der Waals surface area (Å²) in [6.45, 7) is 6.76. The van der Waals surface area contributed by atoms with Gasteiger partial charge in [0.15, 0.2) is 0 Å². The van der Waals surface area contributed by atoms with Crippen LogP contribution in [0.15, 0.2) is 0 Å². The average Bonchev–Trinajstić information content (AvgIpc) is 2.41. The number of ether oxygens (including phenoxy) is 1. The van der Waals surface area contributed by atoms with Crippen LogP contribution < -0.4 is 11.1 Å². The van der Waals surface area contributed by atoms with Crippen LogP contribution in [-0.2, 0) is 9.53 Å². The van der Waals surface area contributed by atoms with Crippen LogP contribution in [0.3, 0.4) is 0 Å². The highest BCUT2D eigenvalue weighted by Gasteiger charge is 2.62. The predicted octanol–water partition coefficient (Wildman–Crippen LogP) is 2.75. The van der Waals surface area contributed by atoms with Crippen molar-refractivity contribution in [3.05, 3.63) is 0 Å². The molecule has 0 radical (unpaired) electrons. The van der Waals surface area contributed by atoms with E-state index < -0.39 is 5.54 Å². The van der Waals surface area contributed by atoms with Crippen molar-refractivity contribution >= 4 is 5.91 Å². The summed E-state index contributed by atoms with van der Waals surface area (Å²) in [6, 6.07) is 0.306. The number of rotatable bonds is 4. The van der Waals surface area contributed by atoms with E-state index in [4.69, 9.17) is 10.5 Å². The van der Waals surface area contributed by atoms with Crippen molar-refractivity contribution in [3.8, 4) is 0 Å². The van der Waals surface area contributed by atoms with Crippen molar-refractivity contribution in [3.63, 3.8) is 0 Å². The number of amides is 1. The highest BCUT2D eigenvalue weighted by Crippen LogP contribution is 2.49. The summed E-state index contributed by atoms with van der Waals surface area (Å²) >= 11 is 0. The van der Waals surface area contributed by atoms with E-state index in [0.717, 1.165) is 12.8 Å². The lowest BCUT2D eigenvalue weighted by Gasteiger charge is -2.57. The second-order valence-electron chi connectivity index (χ2n) is 7.36. The van der Waals surface area contributed by atoms with E-state index in [1.807, 2.05) is 6.92 Å². The van der Waals surface area contributed by atoms with E-state index in [0.29, 0.717) is 19.1 Å². The first-order valence-corrected chi connectivity index (χ1v) is 8.63. The molecule has 0 aromatic carbocycles. The highest BCUT2D eigenvalue weighted by atomic mass is 16.5. The Morgan fingerprint density at radius 1 is 1.19 bits per heavy atom. The first-order chi connectivity index (χ1) is 9.91. The number of nitrogens with one attached hydrogen (secondary N) is 1. The van der Waals surface area contributed by atoms with Gasteiger partial charge in [0.25, 0.3) is 0 Å². The fourth-order valence-corrected chi connectivity index (χ4v) is 3.74. The standard InChI is InChI=1S/C17H32N2O2/c1-4-21-14-12-17(18,16(14,2)3)15(20)19-13-10-8-6-5-7-9-11-13/h13-14H,4-12,18H2,1-3H3,(H,19,20). The fourth-order valence-electron chi connectivity index (χ4n) is 3.74. The monoisotopic (exact) mass is 296 g/mol. The van der Waals surface area contributed by atoms with E-state index in [1.165, 1.54) is 32.1 Å². The van der Waals surface area contributed by atoms with Gasteiger partial charge < -0.3 is 15.8 Å². The largest absolute Gasteiger partial charge is 0.378 e. The zero-order chi connectivity index (χ0) is 15.5. The Balaban J connectivity index is 1.93. The molecule has 21 heavy (non-hydrogen) atoms. The van der Waals surface area contributed by atoms with E-state index in [9.17, 15) is 4.79 Å². The molecule has 2 saturated carbocycles. The van der Waals surface area contributed by atoms with Gasteiger partial charge in [0, 0.05) is 24.5 Å². The molecular weight excluding hydrogens is 264 g/mol. The van der Waals surface area contributed by atoms with Crippen molar-refractivity contribution in [2.75, 3.05) is 6.61 Å². The lowest BCUT2D eigenvalue weighted by molar-refractivity contribution is -0.171. The molecule has 4 nitrogen and oxygen atoms in total. The van der Waals surface area contributed by atoms with E-state index in [1.54, 1.807) is 0 Å². The maximum atomic E-state index is 12.7. The van der Waals surface area contributed by atoms with E-state index >= 15 is 0 Å². The van der Waals surface area contributed by atoms with Crippen molar-refractivity contribution in [1.29, 1.82) is 0 Å². The molecular formula is C17H32N2O2. The summed E-state index contributed by atoms with van der Waals surface area (Å²) in [6.07, 6.45) is 9.26. The smallest absolute Gasteiger partial charge is 0.241 e. The van der Waals surface area contributed by atoms with Crippen molar-refractivity contribution < 1.29 is 9.53 Å². The van der Waals surface area contributed by atoms with Gasteiger partial charge >= 0.3 is 0 Å². The normalized spacial score (nSPS) is 33.6. The Morgan fingerprint density at radius 3 is 2.29 bits per heavy atom. The van der Waals surface area contributed by atoms with E-state index in [2.05, 4.69) is 19.2 Å². The third kappa shape index (κ3) is 3.26. The number of carbonyl (C=O) groups excluding carboxylic acids is 1. The quantitative estimate of drug-likeness (QED) is 0.838. The molecule has 4 heteroatoms. The molecule has 2 unspecified atom stereocenters. The van der Waals surface area contributed by atoms with Crippen molar-refractivity contribution in [2.45, 2.75) is 89.8 Å². The number of nitrogens with two attached hydrogens (primary N) is 1. The summed E-state index contributed by atoms with van der Waals surface area (Å²) in [5.74, 6) is 0.0222. The Morgan fingerprint density at radius 2 is 1.76 bits per heavy atom. The van der Waals surface area contributed by atoms with Crippen molar-refractivity contribution in [2.24, 2.45) is 11.1 Å². The zero-order valence-corrected chi connectivity index (χ0v) is 13.9.